The van der Waals surface area contributed by atoms with Crippen molar-refractivity contribution in [2.75, 3.05) is 0 Å². The van der Waals surface area contributed by atoms with Gasteiger partial charge in [-0.1, -0.05) is 6.92 Å². The molecule has 0 aliphatic rings. The highest BCUT2D eigenvalue weighted by Gasteiger charge is 2.04. The normalized spacial score (nSPS) is 13.2. The van der Waals surface area contributed by atoms with E-state index in [4.69, 9.17) is 5.73 Å². The predicted molar refractivity (Wildman–Crippen MR) is 52.3 cm³/mol. The Bertz CT molecular complexity index is 242. The maximum Gasteiger partial charge on any atom is 0.132 e. The quantitative estimate of drug-likeness (QED) is 0.738. The summed E-state index contributed by atoms with van der Waals surface area (Å²) < 4.78 is 2.10. The van der Waals surface area contributed by atoms with E-state index >= 15 is 0 Å². The lowest BCUT2D eigenvalue weighted by molar-refractivity contribution is 0.592. The number of hydrogen-bond donors (Lipinski definition) is 1. The van der Waals surface area contributed by atoms with E-state index in [-0.39, 0.29) is 6.04 Å². The van der Waals surface area contributed by atoms with Gasteiger partial charge in [0, 0.05) is 19.0 Å². The minimum absolute atomic E-state index is 0.242. The molecule has 0 saturated heterocycles. The second kappa shape index (κ2) is 4.97. The fourth-order valence-electron chi connectivity index (χ4n) is 1.26. The zero-order chi connectivity index (χ0) is 9.68. The molecule has 0 spiro atoms. The number of rotatable bonds is 5. The summed E-state index contributed by atoms with van der Waals surface area (Å²) in [7, 11) is 0. The van der Waals surface area contributed by atoms with Crippen LogP contribution in [0.15, 0.2) is 6.33 Å². The second-order valence-electron chi connectivity index (χ2n) is 3.46. The Morgan fingerprint density at radius 3 is 3.00 bits per heavy atom. The molecule has 13 heavy (non-hydrogen) atoms. The summed E-state index contributed by atoms with van der Waals surface area (Å²) in [6.07, 6.45) is 4.81. The van der Waals surface area contributed by atoms with Crippen LogP contribution in [0, 0.1) is 0 Å². The van der Waals surface area contributed by atoms with Gasteiger partial charge >= 0.3 is 0 Å². The molecule has 0 aromatic carbocycles. The molecule has 0 bridgehead atoms. The average Bonchev–Trinajstić information content (AvgIpc) is 2.49. The lowest BCUT2D eigenvalue weighted by atomic mass is 10.2. The highest BCUT2D eigenvalue weighted by molar-refractivity contribution is 4.86. The molecule has 1 aromatic rings. The van der Waals surface area contributed by atoms with Gasteiger partial charge in [0.1, 0.15) is 12.2 Å². The lowest BCUT2D eigenvalue weighted by Crippen LogP contribution is -2.16. The summed E-state index contributed by atoms with van der Waals surface area (Å²) in [4.78, 5) is 0. The van der Waals surface area contributed by atoms with E-state index in [0.717, 1.165) is 31.6 Å². The van der Waals surface area contributed by atoms with Crippen molar-refractivity contribution in [3.05, 3.63) is 12.2 Å². The van der Waals surface area contributed by atoms with Crippen LogP contribution < -0.4 is 5.73 Å². The van der Waals surface area contributed by atoms with Crippen molar-refractivity contribution >= 4 is 0 Å². The van der Waals surface area contributed by atoms with Crippen molar-refractivity contribution < 1.29 is 0 Å². The molecule has 4 nitrogen and oxygen atoms in total. The smallest absolute Gasteiger partial charge is 0.132 e. The minimum atomic E-state index is 0.242. The van der Waals surface area contributed by atoms with Crippen molar-refractivity contribution in [3.8, 4) is 0 Å². The minimum Gasteiger partial charge on any atom is -0.328 e. The van der Waals surface area contributed by atoms with Gasteiger partial charge in [0.2, 0.25) is 0 Å². The largest absolute Gasteiger partial charge is 0.328 e. The molecule has 0 fully saturated rings. The summed E-state index contributed by atoms with van der Waals surface area (Å²) in [5.74, 6) is 1.05. The van der Waals surface area contributed by atoms with Crippen LogP contribution in [0.25, 0.3) is 0 Å². The Balaban J connectivity index is 2.49. The third-order valence-corrected chi connectivity index (χ3v) is 1.98. The van der Waals surface area contributed by atoms with Crippen LogP contribution in [-0.4, -0.2) is 20.8 Å². The zero-order valence-electron chi connectivity index (χ0n) is 8.40. The Hall–Kier alpha value is -0.900. The van der Waals surface area contributed by atoms with Gasteiger partial charge in [-0.25, -0.2) is 0 Å². The summed E-state index contributed by atoms with van der Waals surface area (Å²) in [6, 6.07) is 0.242. The summed E-state index contributed by atoms with van der Waals surface area (Å²) >= 11 is 0. The Morgan fingerprint density at radius 1 is 1.62 bits per heavy atom. The van der Waals surface area contributed by atoms with E-state index in [9.17, 15) is 0 Å². The van der Waals surface area contributed by atoms with Gasteiger partial charge in [0.05, 0.1) is 0 Å². The first-order valence-corrected chi connectivity index (χ1v) is 4.86. The first kappa shape index (κ1) is 10.2. The van der Waals surface area contributed by atoms with Crippen molar-refractivity contribution in [1.29, 1.82) is 0 Å². The van der Waals surface area contributed by atoms with Crippen LogP contribution in [0.4, 0.5) is 0 Å². The van der Waals surface area contributed by atoms with Crippen molar-refractivity contribution in [3.63, 3.8) is 0 Å². The molecule has 0 amide bonds. The maximum absolute atomic E-state index is 5.68. The Labute approximate surface area is 79.2 Å². The molecule has 0 aliphatic carbocycles. The third kappa shape index (κ3) is 3.14. The van der Waals surface area contributed by atoms with E-state index in [1.807, 2.05) is 6.92 Å². The van der Waals surface area contributed by atoms with Crippen LogP contribution in [-0.2, 0) is 13.0 Å². The van der Waals surface area contributed by atoms with Gasteiger partial charge in [0.15, 0.2) is 0 Å². The van der Waals surface area contributed by atoms with Crippen LogP contribution in [0.3, 0.4) is 0 Å². The monoisotopic (exact) mass is 182 g/mol. The van der Waals surface area contributed by atoms with Crippen LogP contribution in [0.1, 0.15) is 32.5 Å². The molecule has 1 rings (SSSR count). The molecule has 1 aromatic heterocycles. The summed E-state index contributed by atoms with van der Waals surface area (Å²) in [5.41, 5.74) is 5.68. The number of aromatic nitrogens is 3. The van der Waals surface area contributed by atoms with Gasteiger partial charge < -0.3 is 10.3 Å². The van der Waals surface area contributed by atoms with E-state index < -0.39 is 0 Å². The van der Waals surface area contributed by atoms with E-state index in [1.54, 1.807) is 6.33 Å². The zero-order valence-corrected chi connectivity index (χ0v) is 8.40. The average molecular weight is 182 g/mol. The Kier molecular flexibility index (Phi) is 3.89. The van der Waals surface area contributed by atoms with Crippen LogP contribution >= 0.6 is 0 Å². The van der Waals surface area contributed by atoms with Gasteiger partial charge in [-0.2, -0.15) is 0 Å². The van der Waals surface area contributed by atoms with Crippen molar-refractivity contribution in [1.82, 2.24) is 14.8 Å². The molecule has 0 aliphatic heterocycles. The SMILES string of the molecule is CCCn1cnnc1CCC(C)N. The molecule has 0 saturated carbocycles. The highest BCUT2D eigenvalue weighted by atomic mass is 15.3. The number of aryl methyl sites for hydroxylation is 2. The number of nitrogens with zero attached hydrogens (tertiary/aromatic N) is 3. The van der Waals surface area contributed by atoms with E-state index in [2.05, 4.69) is 21.7 Å². The van der Waals surface area contributed by atoms with Crippen molar-refractivity contribution in [2.24, 2.45) is 5.73 Å². The predicted octanol–water partition coefficient (Wildman–Crippen LogP) is 0.968. The van der Waals surface area contributed by atoms with Crippen LogP contribution in [0.5, 0.6) is 0 Å². The fourth-order valence-corrected chi connectivity index (χ4v) is 1.26. The first-order valence-electron chi connectivity index (χ1n) is 4.86. The molecule has 0 radical (unpaired) electrons. The molecular weight excluding hydrogens is 164 g/mol. The summed E-state index contributed by atoms with van der Waals surface area (Å²) in [6.45, 7) is 5.16. The Morgan fingerprint density at radius 2 is 2.38 bits per heavy atom. The molecule has 4 heteroatoms. The second-order valence-corrected chi connectivity index (χ2v) is 3.46. The fraction of sp³-hybridized carbons (Fsp3) is 0.778. The van der Waals surface area contributed by atoms with Gasteiger partial charge in [-0.05, 0) is 19.8 Å². The molecule has 1 unspecified atom stereocenters. The molecule has 2 N–H and O–H groups in total. The van der Waals surface area contributed by atoms with Crippen LogP contribution in [0.2, 0.25) is 0 Å². The molecule has 1 atom stereocenters. The maximum atomic E-state index is 5.68. The van der Waals surface area contributed by atoms with E-state index in [1.165, 1.54) is 0 Å². The third-order valence-electron chi connectivity index (χ3n) is 1.98. The number of nitrogens with two attached hydrogens (primary N) is 1. The topological polar surface area (TPSA) is 56.7 Å². The molecular formula is C9H18N4. The molecule has 74 valence electrons. The van der Waals surface area contributed by atoms with E-state index in [0.29, 0.717) is 0 Å². The number of hydrogen-bond acceptors (Lipinski definition) is 3. The van der Waals surface area contributed by atoms with Gasteiger partial charge in [-0.15, -0.1) is 10.2 Å². The van der Waals surface area contributed by atoms with Gasteiger partial charge in [-0.3, -0.25) is 0 Å². The summed E-state index contributed by atoms with van der Waals surface area (Å²) in [5, 5.41) is 7.96. The van der Waals surface area contributed by atoms with Crippen molar-refractivity contribution in [2.45, 2.75) is 45.7 Å². The molecule has 1 heterocycles. The first-order chi connectivity index (χ1) is 6.24. The standard InChI is InChI=1S/C9H18N4/c1-3-6-13-7-11-12-9(13)5-4-8(2)10/h7-8H,3-6,10H2,1-2H3. The van der Waals surface area contributed by atoms with Gasteiger partial charge in [0.25, 0.3) is 0 Å². The lowest BCUT2D eigenvalue weighted by Gasteiger charge is -2.06. The highest BCUT2D eigenvalue weighted by Crippen LogP contribution is 2.02.